The van der Waals surface area contributed by atoms with Gasteiger partial charge in [0.2, 0.25) is 6.79 Å². The molecule has 2 amide bonds. The number of halogens is 1. The maximum absolute atomic E-state index is 12.0. The van der Waals surface area contributed by atoms with Crippen LogP contribution in [0.15, 0.2) is 52.0 Å². The normalized spacial score (nSPS) is 12.2. The molecule has 2 aromatic rings. The number of hydrazone groups is 1. The number of hydrogen-bond acceptors (Lipinski definition) is 5. The van der Waals surface area contributed by atoms with Crippen LogP contribution >= 0.6 is 15.9 Å². The molecule has 2 aromatic carbocycles. The molecule has 0 saturated heterocycles. The van der Waals surface area contributed by atoms with Crippen molar-refractivity contribution in [1.82, 2.24) is 10.7 Å². The highest BCUT2D eigenvalue weighted by Gasteiger charge is 2.13. The third-order valence-corrected chi connectivity index (χ3v) is 4.02. The van der Waals surface area contributed by atoms with Crippen LogP contribution in [-0.4, -0.2) is 31.4 Å². The molecule has 0 atom stereocenters. The van der Waals surface area contributed by atoms with Gasteiger partial charge in [0.05, 0.1) is 18.3 Å². The Morgan fingerprint density at radius 1 is 1.16 bits per heavy atom. The van der Waals surface area contributed by atoms with Crippen molar-refractivity contribution in [3.8, 4) is 11.5 Å². The van der Waals surface area contributed by atoms with E-state index in [0.29, 0.717) is 21.5 Å². The Kier molecular flexibility index (Phi) is 5.30. The van der Waals surface area contributed by atoms with Crippen molar-refractivity contribution in [2.75, 3.05) is 13.3 Å². The summed E-state index contributed by atoms with van der Waals surface area (Å²) in [5, 5.41) is 6.38. The Balaban J connectivity index is 1.48. The summed E-state index contributed by atoms with van der Waals surface area (Å²) in [5.41, 5.74) is 3.56. The van der Waals surface area contributed by atoms with Crippen molar-refractivity contribution in [3.63, 3.8) is 0 Å². The predicted octanol–water partition coefficient (Wildman–Crippen LogP) is 2.06. The topological polar surface area (TPSA) is 89.0 Å². The van der Waals surface area contributed by atoms with Crippen LogP contribution in [0.1, 0.15) is 15.9 Å². The summed E-state index contributed by atoms with van der Waals surface area (Å²) >= 11 is 3.29. The molecule has 3 rings (SSSR count). The summed E-state index contributed by atoms with van der Waals surface area (Å²) in [4.78, 5) is 23.7. The summed E-state index contributed by atoms with van der Waals surface area (Å²) in [6.07, 6.45) is 1.48. The Bertz CT molecular complexity index is 838. The van der Waals surface area contributed by atoms with Gasteiger partial charge in [-0.1, -0.05) is 12.1 Å². The Labute approximate surface area is 152 Å². The largest absolute Gasteiger partial charge is 0.454 e. The minimum absolute atomic E-state index is 0.182. The van der Waals surface area contributed by atoms with E-state index < -0.39 is 5.91 Å². The van der Waals surface area contributed by atoms with Crippen LogP contribution in [-0.2, 0) is 4.79 Å². The highest BCUT2D eigenvalue weighted by atomic mass is 79.9. The number of rotatable bonds is 5. The average Bonchev–Trinajstić information content (AvgIpc) is 3.08. The van der Waals surface area contributed by atoms with Crippen molar-refractivity contribution in [2.45, 2.75) is 0 Å². The lowest BCUT2D eigenvalue weighted by molar-refractivity contribution is -0.120. The number of hydrogen-bond donors (Lipinski definition) is 2. The van der Waals surface area contributed by atoms with Crippen LogP contribution < -0.4 is 20.2 Å². The number of fused-ring (bicyclic) bond motifs is 1. The number of ether oxygens (including phenoxy) is 2. The molecule has 8 heteroatoms. The number of benzene rings is 2. The second-order valence-corrected chi connectivity index (χ2v) is 5.92. The standard InChI is InChI=1S/C17H14BrN3O4/c18-13-4-2-1-3-12(13)17(23)19-9-16(22)21-20-8-11-5-6-14-15(7-11)25-10-24-14/h1-8H,9-10H2,(H,19,23)(H,21,22)/b20-8+. The van der Waals surface area contributed by atoms with Gasteiger partial charge in [0.1, 0.15) is 0 Å². The summed E-state index contributed by atoms with van der Waals surface area (Å²) in [6, 6.07) is 12.3. The number of carbonyl (C=O) groups is 2. The molecule has 0 radical (unpaired) electrons. The number of nitrogens with zero attached hydrogens (tertiary/aromatic N) is 1. The van der Waals surface area contributed by atoms with Gasteiger partial charge in [-0.2, -0.15) is 5.10 Å². The van der Waals surface area contributed by atoms with E-state index in [9.17, 15) is 9.59 Å². The van der Waals surface area contributed by atoms with E-state index in [2.05, 4.69) is 31.8 Å². The zero-order valence-electron chi connectivity index (χ0n) is 13.0. The molecular weight excluding hydrogens is 390 g/mol. The van der Waals surface area contributed by atoms with E-state index in [1.165, 1.54) is 6.21 Å². The van der Waals surface area contributed by atoms with Crippen LogP contribution in [0.3, 0.4) is 0 Å². The van der Waals surface area contributed by atoms with E-state index in [-0.39, 0.29) is 19.2 Å². The molecular formula is C17H14BrN3O4. The Hall–Kier alpha value is -2.87. The fourth-order valence-electron chi connectivity index (χ4n) is 2.11. The molecule has 1 aliphatic heterocycles. The molecule has 0 aromatic heterocycles. The fraction of sp³-hybridized carbons (Fsp3) is 0.118. The van der Waals surface area contributed by atoms with E-state index in [1.807, 2.05) is 0 Å². The van der Waals surface area contributed by atoms with E-state index >= 15 is 0 Å². The van der Waals surface area contributed by atoms with Crippen molar-refractivity contribution in [2.24, 2.45) is 5.10 Å². The molecule has 0 spiro atoms. The minimum Gasteiger partial charge on any atom is -0.454 e. The summed E-state index contributed by atoms with van der Waals surface area (Å²) < 4.78 is 11.1. The quantitative estimate of drug-likeness (QED) is 0.590. The lowest BCUT2D eigenvalue weighted by Gasteiger charge is -2.05. The Morgan fingerprint density at radius 3 is 2.80 bits per heavy atom. The second kappa shape index (κ2) is 7.80. The fourth-order valence-corrected chi connectivity index (χ4v) is 2.58. The molecule has 0 saturated carbocycles. The molecule has 0 bridgehead atoms. The molecule has 2 N–H and O–H groups in total. The van der Waals surface area contributed by atoms with Crippen LogP contribution in [0.2, 0.25) is 0 Å². The lowest BCUT2D eigenvalue weighted by atomic mass is 10.2. The van der Waals surface area contributed by atoms with E-state index in [4.69, 9.17) is 9.47 Å². The molecule has 0 unspecified atom stereocenters. The summed E-state index contributed by atoms with van der Waals surface area (Å²) in [7, 11) is 0. The zero-order chi connectivity index (χ0) is 17.6. The molecule has 128 valence electrons. The molecule has 25 heavy (non-hydrogen) atoms. The lowest BCUT2D eigenvalue weighted by Crippen LogP contribution is -2.35. The highest BCUT2D eigenvalue weighted by Crippen LogP contribution is 2.31. The smallest absolute Gasteiger partial charge is 0.259 e. The third-order valence-electron chi connectivity index (χ3n) is 3.33. The molecule has 0 fully saturated rings. The number of carbonyl (C=O) groups excluding carboxylic acids is 2. The van der Waals surface area contributed by atoms with E-state index in [1.54, 1.807) is 42.5 Å². The Morgan fingerprint density at radius 2 is 1.96 bits per heavy atom. The van der Waals surface area contributed by atoms with E-state index in [0.717, 1.165) is 5.56 Å². The van der Waals surface area contributed by atoms with Gasteiger partial charge in [0.15, 0.2) is 11.5 Å². The van der Waals surface area contributed by atoms with Gasteiger partial charge in [-0.3, -0.25) is 9.59 Å². The summed E-state index contributed by atoms with van der Waals surface area (Å²) in [5.74, 6) is 0.534. The summed E-state index contributed by atoms with van der Waals surface area (Å²) in [6.45, 7) is 0.0164. The van der Waals surface area contributed by atoms with Crippen molar-refractivity contribution in [3.05, 3.63) is 58.1 Å². The monoisotopic (exact) mass is 403 g/mol. The number of nitrogens with one attached hydrogen (secondary N) is 2. The maximum Gasteiger partial charge on any atom is 0.259 e. The first-order valence-corrected chi connectivity index (χ1v) is 8.17. The average molecular weight is 404 g/mol. The van der Waals surface area contributed by atoms with Crippen LogP contribution in [0.4, 0.5) is 0 Å². The highest BCUT2D eigenvalue weighted by molar-refractivity contribution is 9.10. The van der Waals surface area contributed by atoms with Gasteiger partial charge in [0.25, 0.3) is 11.8 Å². The van der Waals surface area contributed by atoms with Crippen molar-refractivity contribution < 1.29 is 19.1 Å². The number of amides is 2. The van der Waals surface area contributed by atoms with Gasteiger partial charge < -0.3 is 14.8 Å². The second-order valence-electron chi connectivity index (χ2n) is 5.07. The maximum atomic E-state index is 12.0. The first-order chi connectivity index (χ1) is 12.1. The third kappa shape index (κ3) is 4.36. The molecule has 0 aliphatic carbocycles. The van der Waals surface area contributed by atoms with Crippen molar-refractivity contribution >= 4 is 34.0 Å². The van der Waals surface area contributed by atoms with Gasteiger partial charge in [-0.05, 0) is 51.8 Å². The zero-order valence-corrected chi connectivity index (χ0v) is 14.6. The minimum atomic E-state index is -0.433. The predicted molar refractivity (Wildman–Crippen MR) is 94.8 cm³/mol. The molecule has 1 aliphatic rings. The van der Waals surface area contributed by atoms with Crippen LogP contribution in [0, 0.1) is 0 Å². The molecule has 7 nitrogen and oxygen atoms in total. The van der Waals surface area contributed by atoms with Gasteiger partial charge in [-0.15, -0.1) is 0 Å². The SMILES string of the molecule is O=C(CNC(=O)c1ccccc1Br)N/N=C/c1ccc2c(c1)OCO2. The first-order valence-electron chi connectivity index (χ1n) is 7.38. The van der Waals surface area contributed by atoms with Gasteiger partial charge in [0, 0.05) is 4.47 Å². The molecule has 1 heterocycles. The first kappa shape index (κ1) is 17.0. The van der Waals surface area contributed by atoms with Crippen LogP contribution in [0.5, 0.6) is 11.5 Å². The van der Waals surface area contributed by atoms with Gasteiger partial charge in [-0.25, -0.2) is 5.43 Å². The van der Waals surface area contributed by atoms with Crippen molar-refractivity contribution in [1.29, 1.82) is 0 Å². The van der Waals surface area contributed by atoms with Gasteiger partial charge >= 0.3 is 0 Å². The van der Waals surface area contributed by atoms with Crippen LogP contribution in [0.25, 0.3) is 0 Å².